The summed E-state index contributed by atoms with van der Waals surface area (Å²) in [6.45, 7) is 0. The van der Waals surface area contributed by atoms with Crippen LogP contribution in [0.2, 0.25) is 0 Å². The summed E-state index contributed by atoms with van der Waals surface area (Å²) in [6.07, 6.45) is 1.86. The average Bonchev–Trinajstić information content (AvgIpc) is 3.66. The van der Waals surface area contributed by atoms with Gasteiger partial charge < -0.3 is 0 Å². The first-order chi connectivity index (χ1) is 30.2. The maximum atomic E-state index is 5.39. The van der Waals surface area contributed by atoms with Crippen molar-refractivity contribution in [3.8, 4) is 40.0 Å². The molecule has 6 nitrogen and oxygen atoms in total. The van der Waals surface area contributed by atoms with Crippen molar-refractivity contribution in [2.24, 2.45) is 0 Å². The van der Waals surface area contributed by atoms with E-state index in [-0.39, 0.29) is 0 Å². The van der Waals surface area contributed by atoms with Crippen molar-refractivity contribution in [3.63, 3.8) is 0 Å². The lowest BCUT2D eigenvalue weighted by atomic mass is 9.93. The second kappa shape index (κ2) is 13.1. The molecule has 0 atom stereocenters. The highest BCUT2D eigenvalue weighted by Crippen LogP contribution is 2.42. The van der Waals surface area contributed by atoms with E-state index in [0.717, 1.165) is 71.4 Å². The summed E-state index contributed by atoms with van der Waals surface area (Å²) < 4.78 is 2.23. The highest BCUT2D eigenvalue weighted by Gasteiger charge is 2.21. The number of pyridine rings is 2. The summed E-state index contributed by atoms with van der Waals surface area (Å²) in [5.41, 5.74) is 7.45. The molecule has 61 heavy (non-hydrogen) atoms. The SMILES string of the molecule is c1ccc(-c2nc(-c3ccccc3)nc(-n3c4cc(-c5ccc6c7ccccc7c7cccnc7c6n5)ccc4c4cc5c6ccccc6c6ccccc6c5cc43)n2)cc1. The van der Waals surface area contributed by atoms with Gasteiger partial charge in [-0.25, -0.2) is 9.97 Å². The monoisotopic (exact) mass is 776 g/mol. The first kappa shape index (κ1) is 33.6. The predicted octanol–water partition coefficient (Wildman–Crippen LogP) is 13.7. The minimum atomic E-state index is 0.544. The Hall–Kier alpha value is -8.35. The summed E-state index contributed by atoms with van der Waals surface area (Å²) in [5, 5.41) is 14.0. The average molecular weight is 777 g/mol. The Balaban J connectivity index is 1.14. The number of fused-ring (bicyclic) bond motifs is 15. The summed E-state index contributed by atoms with van der Waals surface area (Å²) in [7, 11) is 0. The van der Waals surface area contributed by atoms with Crippen LogP contribution in [0.4, 0.5) is 0 Å². The van der Waals surface area contributed by atoms with Gasteiger partial charge in [0.1, 0.15) is 0 Å². The molecule has 0 saturated carbocycles. The van der Waals surface area contributed by atoms with Crippen LogP contribution in [0.25, 0.3) is 127 Å². The molecule has 0 N–H and O–H groups in total. The number of rotatable bonds is 4. The molecule has 6 heteroatoms. The molecule has 9 aromatic carbocycles. The maximum Gasteiger partial charge on any atom is 0.238 e. The van der Waals surface area contributed by atoms with Crippen LogP contribution >= 0.6 is 0 Å². The Morgan fingerprint density at radius 3 is 1.41 bits per heavy atom. The molecule has 0 aliphatic heterocycles. The number of aromatic nitrogens is 6. The Labute approximate surface area is 349 Å². The van der Waals surface area contributed by atoms with Gasteiger partial charge >= 0.3 is 0 Å². The molecule has 0 unspecified atom stereocenters. The van der Waals surface area contributed by atoms with Crippen molar-refractivity contribution in [2.75, 3.05) is 0 Å². The lowest BCUT2D eigenvalue weighted by Gasteiger charge is -2.13. The first-order valence-electron chi connectivity index (χ1n) is 20.5. The smallest absolute Gasteiger partial charge is 0.238 e. The normalized spacial score (nSPS) is 11.9. The standard InChI is InChI=1S/C55H32N6/c1-3-14-33(15-4-1)53-58-54(34-16-5-2-6-17-34)60-55(59-53)61-49-30-35(48-28-27-44-39-21-10-9-20-38(39)43-24-13-29-56-51(43)52(44)57-48)25-26-42(49)47-31-45-40-22-11-7-18-36(40)37-19-8-12-23-41(37)46(45)32-50(47)61/h1-32H. The van der Waals surface area contributed by atoms with E-state index in [1.807, 2.05) is 48.7 Å². The van der Waals surface area contributed by atoms with Crippen molar-refractivity contribution >= 4 is 86.7 Å². The van der Waals surface area contributed by atoms with Crippen LogP contribution in [0, 0.1) is 0 Å². The van der Waals surface area contributed by atoms with E-state index in [1.54, 1.807) is 0 Å². The summed E-state index contributed by atoms with van der Waals surface area (Å²) >= 11 is 0. The van der Waals surface area contributed by atoms with Gasteiger partial charge in [-0.1, -0.05) is 152 Å². The molecule has 0 radical (unpaired) electrons. The highest BCUT2D eigenvalue weighted by atomic mass is 15.2. The highest BCUT2D eigenvalue weighted by molar-refractivity contribution is 6.29. The van der Waals surface area contributed by atoms with E-state index in [4.69, 9.17) is 24.9 Å². The van der Waals surface area contributed by atoms with E-state index < -0.39 is 0 Å². The van der Waals surface area contributed by atoms with E-state index in [1.165, 1.54) is 37.7 Å². The fraction of sp³-hybridized carbons (Fsp3) is 0. The van der Waals surface area contributed by atoms with Crippen molar-refractivity contribution in [3.05, 3.63) is 194 Å². The lowest BCUT2D eigenvalue weighted by molar-refractivity contribution is 0.954. The summed E-state index contributed by atoms with van der Waals surface area (Å²) in [6, 6.07) is 66.1. The van der Waals surface area contributed by atoms with Gasteiger partial charge in [0.25, 0.3) is 0 Å². The van der Waals surface area contributed by atoms with E-state index >= 15 is 0 Å². The molecule has 0 aliphatic carbocycles. The third-order valence-corrected chi connectivity index (χ3v) is 12.2. The molecule has 0 bridgehead atoms. The molecular formula is C55H32N6. The lowest BCUT2D eigenvalue weighted by Crippen LogP contribution is -2.06. The van der Waals surface area contributed by atoms with Gasteiger partial charge in [-0.05, 0) is 79.5 Å². The minimum absolute atomic E-state index is 0.544. The predicted molar refractivity (Wildman–Crippen MR) is 251 cm³/mol. The van der Waals surface area contributed by atoms with Gasteiger partial charge in [0, 0.05) is 44.4 Å². The number of benzene rings is 9. The zero-order valence-corrected chi connectivity index (χ0v) is 32.7. The van der Waals surface area contributed by atoms with Gasteiger partial charge in [0.15, 0.2) is 11.6 Å². The van der Waals surface area contributed by atoms with Gasteiger partial charge in [-0.15, -0.1) is 0 Å². The Kier molecular flexibility index (Phi) is 7.21. The molecule has 13 rings (SSSR count). The van der Waals surface area contributed by atoms with Gasteiger partial charge in [0.2, 0.25) is 5.95 Å². The van der Waals surface area contributed by atoms with Crippen LogP contribution < -0.4 is 0 Å². The first-order valence-corrected chi connectivity index (χ1v) is 20.5. The largest absolute Gasteiger partial charge is 0.278 e. The molecule has 282 valence electrons. The zero-order chi connectivity index (χ0) is 40.0. The summed E-state index contributed by atoms with van der Waals surface area (Å²) in [4.78, 5) is 25.9. The summed E-state index contributed by atoms with van der Waals surface area (Å²) in [5.74, 6) is 1.76. The second-order valence-electron chi connectivity index (χ2n) is 15.6. The third kappa shape index (κ3) is 5.12. The molecule has 0 spiro atoms. The zero-order valence-electron chi connectivity index (χ0n) is 32.7. The van der Waals surface area contributed by atoms with Gasteiger partial charge in [0.05, 0.1) is 27.8 Å². The molecule has 0 aliphatic rings. The molecule has 13 aromatic rings. The van der Waals surface area contributed by atoms with Crippen molar-refractivity contribution in [2.45, 2.75) is 0 Å². The van der Waals surface area contributed by atoms with Crippen LogP contribution in [0.1, 0.15) is 0 Å². The van der Waals surface area contributed by atoms with Gasteiger partial charge in [-0.3, -0.25) is 9.55 Å². The topological polar surface area (TPSA) is 69.4 Å². The van der Waals surface area contributed by atoms with E-state index in [0.29, 0.717) is 17.6 Å². The third-order valence-electron chi connectivity index (χ3n) is 12.2. The Morgan fingerprint density at radius 1 is 0.295 bits per heavy atom. The quantitative estimate of drug-likeness (QED) is 0.167. The second-order valence-corrected chi connectivity index (χ2v) is 15.6. The molecule has 4 heterocycles. The van der Waals surface area contributed by atoms with Crippen LogP contribution in [0.15, 0.2) is 194 Å². The minimum Gasteiger partial charge on any atom is -0.278 e. The Bertz CT molecular complexity index is 3840. The molecule has 0 fully saturated rings. The number of hydrogen-bond donors (Lipinski definition) is 0. The van der Waals surface area contributed by atoms with Crippen LogP contribution in [0.3, 0.4) is 0 Å². The molecule has 4 aromatic heterocycles. The van der Waals surface area contributed by atoms with Crippen molar-refractivity contribution in [1.29, 1.82) is 0 Å². The fourth-order valence-corrected chi connectivity index (χ4v) is 9.47. The number of hydrogen-bond acceptors (Lipinski definition) is 5. The molecular weight excluding hydrogens is 745 g/mol. The number of nitrogens with zero attached hydrogens (tertiary/aromatic N) is 6. The Morgan fingerprint density at radius 2 is 0.787 bits per heavy atom. The van der Waals surface area contributed by atoms with Crippen LogP contribution in [-0.4, -0.2) is 29.5 Å². The van der Waals surface area contributed by atoms with E-state index in [9.17, 15) is 0 Å². The van der Waals surface area contributed by atoms with Crippen molar-refractivity contribution in [1.82, 2.24) is 29.5 Å². The van der Waals surface area contributed by atoms with Crippen molar-refractivity contribution < 1.29 is 0 Å². The van der Waals surface area contributed by atoms with E-state index in [2.05, 4.69) is 150 Å². The molecule has 0 saturated heterocycles. The van der Waals surface area contributed by atoms with Gasteiger partial charge in [-0.2, -0.15) is 9.97 Å². The van der Waals surface area contributed by atoms with Crippen LogP contribution in [0.5, 0.6) is 0 Å². The molecule has 0 amide bonds. The fourth-order valence-electron chi connectivity index (χ4n) is 9.47. The van der Waals surface area contributed by atoms with Crippen LogP contribution in [-0.2, 0) is 0 Å². The maximum absolute atomic E-state index is 5.39.